The fraction of sp³-hybridized carbons (Fsp3) is 0.526. The van der Waals surface area contributed by atoms with E-state index in [1.807, 2.05) is 50.1 Å². The molecule has 0 unspecified atom stereocenters. The van der Waals surface area contributed by atoms with Crippen LogP contribution in [-0.4, -0.2) is 50.4 Å². The number of nitrogens with one attached hydrogen (secondary N) is 1. The summed E-state index contributed by atoms with van der Waals surface area (Å²) in [5.74, 6) is -0.199. The smallest absolute Gasteiger partial charge is 0.354 e. The first-order valence-corrected chi connectivity index (χ1v) is 8.82. The summed E-state index contributed by atoms with van der Waals surface area (Å²) in [4.78, 5) is 18.6. The van der Waals surface area contributed by atoms with Crippen molar-refractivity contribution in [2.75, 3.05) is 38.0 Å². The first-order valence-electron chi connectivity index (χ1n) is 8.82. The maximum absolute atomic E-state index is 11.7. The summed E-state index contributed by atoms with van der Waals surface area (Å²) in [6.45, 7) is 0. The molecule has 25 heavy (non-hydrogen) atoms. The molecule has 6 nitrogen and oxygen atoms in total. The van der Waals surface area contributed by atoms with Crippen molar-refractivity contribution in [2.45, 2.75) is 38.2 Å². The van der Waals surface area contributed by atoms with E-state index in [-0.39, 0.29) is 11.8 Å². The molecular formula is C19H27N3O3. The molecule has 1 fully saturated rings. The van der Waals surface area contributed by atoms with Crippen LogP contribution >= 0.6 is 0 Å². The Kier molecular flexibility index (Phi) is 4.79. The van der Waals surface area contributed by atoms with Crippen LogP contribution < -0.4 is 14.5 Å². The Labute approximate surface area is 148 Å². The van der Waals surface area contributed by atoms with Crippen LogP contribution in [0.1, 0.15) is 42.6 Å². The number of hydrogen-bond acceptors (Lipinski definition) is 4. The van der Waals surface area contributed by atoms with Gasteiger partial charge in [0.1, 0.15) is 11.4 Å². The van der Waals surface area contributed by atoms with E-state index >= 15 is 0 Å². The van der Waals surface area contributed by atoms with Crippen LogP contribution in [-0.2, 0) is 0 Å². The largest absolute Gasteiger partial charge is 0.490 e. The van der Waals surface area contributed by atoms with Crippen LogP contribution in [0.5, 0.6) is 5.75 Å². The van der Waals surface area contributed by atoms with Gasteiger partial charge in [-0.15, -0.1) is 0 Å². The third kappa shape index (κ3) is 3.38. The summed E-state index contributed by atoms with van der Waals surface area (Å²) in [5.41, 5.74) is 2.64. The second kappa shape index (κ2) is 6.86. The third-order valence-corrected chi connectivity index (χ3v) is 4.84. The Morgan fingerprint density at radius 1 is 1.12 bits per heavy atom. The number of nitrogens with zero attached hydrogens (tertiary/aromatic N) is 2. The van der Waals surface area contributed by atoms with Crippen molar-refractivity contribution in [1.82, 2.24) is 4.98 Å². The number of aromatic carboxylic acids is 1. The second-order valence-electron chi connectivity index (χ2n) is 7.19. The summed E-state index contributed by atoms with van der Waals surface area (Å²) in [6, 6.07) is 3.99. The molecule has 1 aliphatic carbocycles. The van der Waals surface area contributed by atoms with E-state index in [1.165, 1.54) is 19.3 Å². The molecule has 0 amide bonds. The Hall–Kier alpha value is -2.37. The van der Waals surface area contributed by atoms with Gasteiger partial charge in [-0.2, -0.15) is 0 Å². The molecular weight excluding hydrogens is 318 g/mol. The van der Waals surface area contributed by atoms with Gasteiger partial charge in [0.2, 0.25) is 0 Å². The first-order chi connectivity index (χ1) is 11.9. The number of fused-ring (bicyclic) bond motifs is 1. The zero-order valence-corrected chi connectivity index (χ0v) is 15.4. The average molecular weight is 345 g/mol. The van der Waals surface area contributed by atoms with E-state index in [4.69, 9.17) is 4.74 Å². The fourth-order valence-electron chi connectivity index (χ4n) is 3.58. The highest BCUT2D eigenvalue weighted by molar-refractivity contribution is 6.09. The lowest BCUT2D eigenvalue weighted by Crippen LogP contribution is -2.20. The molecule has 3 rings (SSSR count). The molecule has 6 heteroatoms. The molecule has 0 aliphatic heterocycles. The molecule has 1 aromatic carbocycles. The van der Waals surface area contributed by atoms with Gasteiger partial charge in [-0.1, -0.05) is 6.42 Å². The Morgan fingerprint density at radius 3 is 2.36 bits per heavy atom. The van der Waals surface area contributed by atoms with E-state index in [0.29, 0.717) is 5.69 Å². The molecule has 2 aromatic rings. The number of H-pyrrole nitrogens is 1. The number of benzene rings is 1. The molecule has 1 aliphatic rings. The van der Waals surface area contributed by atoms with E-state index in [0.717, 1.165) is 35.2 Å². The fourth-order valence-corrected chi connectivity index (χ4v) is 3.58. The highest BCUT2D eigenvalue weighted by Gasteiger charge is 2.24. The minimum absolute atomic E-state index is 0.199. The number of carboxylic acids is 1. The highest BCUT2D eigenvalue weighted by atomic mass is 16.5. The number of carboxylic acid groups (broad SMARTS) is 1. The lowest BCUT2D eigenvalue weighted by atomic mass is 9.97. The number of carbonyl (C=O) groups is 1. The molecule has 2 N–H and O–H groups in total. The quantitative estimate of drug-likeness (QED) is 0.864. The van der Waals surface area contributed by atoms with Crippen LogP contribution in [0.4, 0.5) is 11.4 Å². The summed E-state index contributed by atoms with van der Waals surface area (Å²) in [7, 11) is 7.66. The topological polar surface area (TPSA) is 68.8 Å². The monoisotopic (exact) mass is 345 g/mol. The summed E-state index contributed by atoms with van der Waals surface area (Å²) >= 11 is 0. The van der Waals surface area contributed by atoms with Gasteiger partial charge in [0, 0.05) is 39.9 Å². The zero-order chi connectivity index (χ0) is 18.1. The normalized spacial score (nSPS) is 15.4. The van der Waals surface area contributed by atoms with Gasteiger partial charge in [-0.05, 0) is 31.7 Å². The number of rotatable bonds is 5. The van der Waals surface area contributed by atoms with Crippen LogP contribution in [0.2, 0.25) is 0 Å². The SMILES string of the molecule is CN(C)c1cc(OC2CCCCC2)c2c(N(C)C)c(C(=O)O)[nH]c2c1. The van der Waals surface area contributed by atoms with Crippen LogP contribution in [0.25, 0.3) is 10.9 Å². The first kappa shape index (κ1) is 17.5. The van der Waals surface area contributed by atoms with Crippen LogP contribution in [0.15, 0.2) is 12.1 Å². The molecule has 0 spiro atoms. The minimum Gasteiger partial charge on any atom is -0.490 e. The van der Waals surface area contributed by atoms with Crippen molar-refractivity contribution < 1.29 is 14.6 Å². The molecule has 1 heterocycles. The minimum atomic E-state index is -0.963. The maximum Gasteiger partial charge on any atom is 0.354 e. The van der Waals surface area contributed by atoms with Gasteiger partial charge >= 0.3 is 5.97 Å². The van der Waals surface area contributed by atoms with Crippen molar-refractivity contribution in [2.24, 2.45) is 0 Å². The van der Waals surface area contributed by atoms with E-state index in [2.05, 4.69) is 4.98 Å². The predicted molar refractivity (Wildman–Crippen MR) is 101 cm³/mol. The van der Waals surface area contributed by atoms with Gasteiger partial charge < -0.3 is 24.6 Å². The van der Waals surface area contributed by atoms with Crippen molar-refractivity contribution >= 4 is 28.2 Å². The predicted octanol–water partition coefficient (Wildman–Crippen LogP) is 3.71. The van der Waals surface area contributed by atoms with Crippen molar-refractivity contribution in [1.29, 1.82) is 0 Å². The number of hydrogen-bond donors (Lipinski definition) is 2. The number of aromatic amines is 1. The van der Waals surface area contributed by atoms with Crippen molar-refractivity contribution in [3.8, 4) is 5.75 Å². The molecule has 0 saturated heterocycles. The highest BCUT2D eigenvalue weighted by Crippen LogP contribution is 2.41. The van der Waals surface area contributed by atoms with Gasteiger partial charge in [-0.25, -0.2) is 4.79 Å². The molecule has 0 atom stereocenters. The van der Waals surface area contributed by atoms with E-state index < -0.39 is 5.97 Å². The number of ether oxygens (including phenoxy) is 1. The lowest BCUT2D eigenvalue weighted by Gasteiger charge is -2.25. The van der Waals surface area contributed by atoms with Crippen LogP contribution in [0, 0.1) is 0 Å². The van der Waals surface area contributed by atoms with Gasteiger partial charge in [0.05, 0.1) is 22.7 Å². The third-order valence-electron chi connectivity index (χ3n) is 4.84. The molecule has 1 aromatic heterocycles. The summed E-state index contributed by atoms with van der Waals surface area (Å²) < 4.78 is 6.38. The van der Waals surface area contributed by atoms with Gasteiger partial charge in [0.25, 0.3) is 0 Å². The van der Waals surface area contributed by atoms with Gasteiger partial charge in [-0.3, -0.25) is 0 Å². The Balaban J connectivity index is 2.18. The maximum atomic E-state index is 11.7. The Bertz CT molecular complexity index is 774. The molecule has 0 radical (unpaired) electrons. The molecule has 0 bridgehead atoms. The van der Waals surface area contributed by atoms with Crippen molar-refractivity contribution in [3.63, 3.8) is 0 Å². The lowest BCUT2D eigenvalue weighted by molar-refractivity contribution is 0.0692. The Morgan fingerprint density at radius 2 is 1.80 bits per heavy atom. The average Bonchev–Trinajstić information content (AvgIpc) is 2.96. The summed E-state index contributed by atoms with van der Waals surface area (Å²) in [5, 5.41) is 10.4. The van der Waals surface area contributed by atoms with Gasteiger partial charge in [0.15, 0.2) is 0 Å². The zero-order valence-electron chi connectivity index (χ0n) is 15.4. The van der Waals surface area contributed by atoms with E-state index in [9.17, 15) is 9.90 Å². The van der Waals surface area contributed by atoms with Crippen molar-refractivity contribution in [3.05, 3.63) is 17.8 Å². The second-order valence-corrected chi connectivity index (χ2v) is 7.19. The van der Waals surface area contributed by atoms with E-state index in [1.54, 1.807) is 0 Å². The molecule has 136 valence electrons. The number of aromatic nitrogens is 1. The standard InChI is InChI=1S/C19H27N3O3/c1-21(2)12-10-14-16(18(22(3)4)17(20-14)19(23)24)15(11-12)25-13-8-6-5-7-9-13/h10-11,13,20H,5-9H2,1-4H3,(H,23,24). The molecule has 1 saturated carbocycles. The summed E-state index contributed by atoms with van der Waals surface area (Å²) in [6.07, 6.45) is 5.96. The number of anilines is 2. The van der Waals surface area contributed by atoms with Crippen LogP contribution in [0.3, 0.4) is 0 Å².